The van der Waals surface area contributed by atoms with Gasteiger partial charge in [-0.1, -0.05) is 12.1 Å². The van der Waals surface area contributed by atoms with Crippen molar-refractivity contribution in [1.29, 1.82) is 0 Å². The third kappa shape index (κ3) is 8.39. The molecule has 0 bridgehead atoms. The van der Waals surface area contributed by atoms with Crippen molar-refractivity contribution in [3.05, 3.63) is 65.0 Å². The lowest BCUT2D eigenvalue weighted by atomic mass is 9.76. The molecule has 0 radical (unpaired) electrons. The highest BCUT2D eigenvalue weighted by Crippen LogP contribution is 2.49. The normalized spacial score (nSPS) is 17.8. The molecule has 0 fully saturated rings. The second kappa shape index (κ2) is 12.8. The number of unbranched alkanes of at least 4 members (excludes halogenated alkanes) is 2. The van der Waals surface area contributed by atoms with Gasteiger partial charge in [-0.2, -0.15) is 26.3 Å². The molecule has 0 saturated heterocycles. The van der Waals surface area contributed by atoms with Crippen LogP contribution in [0.2, 0.25) is 0 Å². The second-order valence-corrected chi connectivity index (χ2v) is 11.5. The SMILES string of the molecule is COc1ccc(C2=C(C(=O)NS(C)(=O)=O)C(=O)N[C@@](c3ccc(OCCCCCC(F)(F)F)cc3F)(C(F)(F)F)C2)cc1. The van der Waals surface area contributed by atoms with Crippen LogP contribution in [0.15, 0.2) is 48.0 Å². The standard InChI is InChI=1S/C27H27F7N2O6S/c1-41-17-8-6-16(7-9-17)19-15-25(27(32,33)34,35-23(37)22(19)24(38)36-43(2,39)40)20-11-10-18(14-21(20)28)42-13-5-3-4-12-26(29,30)31/h6-11,14H,3-5,12-13,15H2,1-2H3,(H,35,37)(H,36,38)/t25-/m0/s1. The summed E-state index contributed by atoms with van der Waals surface area (Å²) in [5.41, 5.74) is -5.90. The number of hydrogen-bond donors (Lipinski definition) is 2. The Labute approximate surface area is 242 Å². The van der Waals surface area contributed by atoms with Gasteiger partial charge in [0, 0.05) is 24.5 Å². The monoisotopic (exact) mass is 640 g/mol. The van der Waals surface area contributed by atoms with Crippen LogP contribution in [0.25, 0.3) is 5.57 Å². The molecule has 1 aliphatic rings. The second-order valence-electron chi connectivity index (χ2n) is 9.74. The van der Waals surface area contributed by atoms with Crippen LogP contribution in [0, 0.1) is 5.82 Å². The van der Waals surface area contributed by atoms with Gasteiger partial charge in [0.15, 0.2) is 5.54 Å². The summed E-state index contributed by atoms with van der Waals surface area (Å²) >= 11 is 0. The third-order valence-electron chi connectivity index (χ3n) is 6.50. The molecular weight excluding hydrogens is 613 g/mol. The summed E-state index contributed by atoms with van der Waals surface area (Å²) in [6.07, 6.45) is -11.0. The summed E-state index contributed by atoms with van der Waals surface area (Å²) in [5, 5.41) is 1.69. The number of nitrogens with one attached hydrogen (secondary N) is 2. The van der Waals surface area contributed by atoms with E-state index in [0.29, 0.717) is 12.3 Å². The number of methoxy groups -OCH3 is 1. The number of alkyl halides is 6. The number of halogens is 7. The number of carbonyl (C=O) groups excluding carboxylic acids is 2. The van der Waals surface area contributed by atoms with E-state index in [9.17, 15) is 44.3 Å². The first-order valence-electron chi connectivity index (χ1n) is 12.7. The Hall–Kier alpha value is -3.82. The zero-order chi connectivity index (χ0) is 32.2. The molecule has 3 rings (SSSR count). The molecule has 0 aliphatic carbocycles. The predicted octanol–water partition coefficient (Wildman–Crippen LogP) is 5.14. The molecule has 0 aromatic heterocycles. The summed E-state index contributed by atoms with van der Waals surface area (Å²) < 4.78 is 132. The molecular formula is C27H27F7N2O6S. The van der Waals surface area contributed by atoms with Crippen LogP contribution in [-0.2, 0) is 25.2 Å². The molecule has 2 amide bonds. The average Bonchev–Trinajstić information content (AvgIpc) is 2.88. The van der Waals surface area contributed by atoms with Crippen molar-refractivity contribution in [2.45, 2.75) is 50.0 Å². The summed E-state index contributed by atoms with van der Waals surface area (Å²) in [7, 11) is -2.91. The van der Waals surface area contributed by atoms with Gasteiger partial charge in [0.25, 0.3) is 11.8 Å². The van der Waals surface area contributed by atoms with E-state index in [4.69, 9.17) is 9.47 Å². The van der Waals surface area contributed by atoms with Gasteiger partial charge in [0.1, 0.15) is 22.9 Å². The summed E-state index contributed by atoms with van der Waals surface area (Å²) in [4.78, 5) is 26.0. The lowest BCUT2D eigenvalue weighted by molar-refractivity contribution is -0.202. The van der Waals surface area contributed by atoms with Gasteiger partial charge in [0.05, 0.1) is 20.0 Å². The van der Waals surface area contributed by atoms with E-state index >= 15 is 4.39 Å². The fourth-order valence-corrected chi connectivity index (χ4v) is 4.94. The average molecular weight is 641 g/mol. The minimum atomic E-state index is -5.33. The number of amides is 2. The highest BCUT2D eigenvalue weighted by Gasteiger charge is 2.61. The van der Waals surface area contributed by atoms with E-state index < -0.39 is 75.1 Å². The number of benzene rings is 2. The van der Waals surface area contributed by atoms with Crippen LogP contribution in [0.1, 0.15) is 43.2 Å². The van der Waals surface area contributed by atoms with Crippen molar-refractivity contribution in [3.63, 3.8) is 0 Å². The Balaban J connectivity index is 2.00. The van der Waals surface area contributed by atoms with E-state index in [1.165, 1.54) is 31.4 Å². The highest BCUT2D eigenvalue weighted by atomic mass is 32.2. The van der Waals surface area contributed by atoms with Gasteiger partial charge in [-0.15, -0.1) is 0 Å². The Morgan fingerprint density at radius 2 is 1.63 bits per heavy atom. The van der Waals surface area contributed by atoms with Gasteiger partial charge < -0.3 is 14.8 Å². The molecule has 2 aromatic carbocycles. The van der Waals surface area contributed by atoms with Gasteiger partial charge in [-0.05, 0) is 54.7 Å². The smallest absolute Gasteiger partial charge is 0.416 e. The molecule has 1 atom stereocenters. The number of ether oxygens (including phenoxy) is 2. The van der Waals surface area contributed by atoms with Crippen LogP contribution < -0.4 is 19.5 Å². The zero-order valence-corrected chi connectivity index (χ0v) is 23.6. The first kappa shape index (κ1) is 33.7. The van der Waals surface area contributed by atoms with Crippen LogP contribution >= 0.6 is 0 Å². The van der Waals surface area contributed by atoms with Crippen LogP contribution in [0.3, 0.4) is 0 Å². The molecule has 0 spiro atoms. The Bertz CT molecular complexity index is 1490. The third-order valence-corrected chi connectivity index (χ3v) is 7.06. The van der Waals surface area contributed by atoms with Crippen LogP contribution in [0.4, 0.5) is 30.7 Å². The van der Waals surface area contributed by atoms with E-state index in [1.54, 1.807) is 10.0 Å². The maximum atomic E-state index is 15.4. The molecule has 0 unspecified atom stereocenters. The number of carbonyl (C=O) groups is 2. The minimum Gasteiger partial charge on any atom is -0.497 e. The fraction of sp³-hybridized carbons (Fsp3) is 0.407. The van der Waals surface area contributed by atoms with Crippen molar-refractivity contribution in [1.82, 2.24) is 10.0 Å². The van der Waals surface area contributed by atoms with E-state index in [-0.39, 0.29) is 42.9 Å². The molecule has 2 aromatic rings. The lowest BCUT2D eigenvalue weighted by Crippen LogP contribution is -2.60. The van der Waals surface area contributed by atoms with E-state index in [2.05, 4.69) is 0 Å². The maximum absolute atomic E-state index is 15.4. The number of rotatable bonds is 11. The van der Waals surface area contributed by atoms with Crippen molar-refractivity contribution in [2.75, 3.05) is 20.0 Å². The van der Waals surface area contributed by atoms with Crippen molar-refractivity contribution >= 4 is 27.4 Å². The molecule has 8 nitrogen and oxygen atoms in total. The Morgan fingerprint density at radius 1 is 1.00 bits per heavy atom. The first-order chi connectivity index (χ1) is 19.9. The molecule has 1 heterocycles. The summed E-state index contributed by atoms with van der Waals surface area (Å²) in [6, 6.07) is 7.59. The van der Waals surface area contributed by atoms with Crippen LogP contribution in [-0.4, -0.2) is 52.6 Å². The Kier molecular flexibility index (Phi) is 10.0. The molecule has 16 heteroatoms. The van der Waals surface area contributed by atoms with Crippen molar-refractivity contribution < 1.29 is 58.2 Å². The van der Waals surface area contributed by atoms with Crippen LogP contribution in [0.5, 0.6) is 11.5 Å². The highest BCUT2D eigenvalue weighted by molar-refractivity contribution is 7.89. The number of hydrogen-bond acceptors (Lipinski definition) is 6. The molecule has 43 heavy (non-hydrogen) atoms. The predicted molar refractivity (Wildman–Crippen MR) is 140 cm³/mol. The van der Waals surface area contributed by atoms with E-state index in [0.717, 1.165) is 12.1 Å². The fourth-order valence-electron chi connectivity index (χ4n) is 4.50. The molecule has 236 valence electrons. The minimum absolute atomic E-state index is 0.0613. The molecule has 2 N–H and O–H groups in total. The largest absolute Gasteiger partial charge is 0.497 e. The van der Waals surface area contributed by atoms with Gasteiger partial charge >= 0.3 is 12.4 Å². The zero-order valence-electron chi connectivity index (χ0n) is 22.8. The quantitative estimate of drug-likeness (QED) is 0.200. The summed E-state index contributed by atoms with van der Waals surface area (Å²) in [6.45, 7) is -0.124. The van der Waals surface area contributed by atoms with Gasteiger partial charge in [0.2, 0.25) is 10.0 Å². The molecule has 1 aliphatic heterocycles. The Morgan fingerprint density at radius 3 is 2.16 bits per heavy atom. The number of sulfonamides is 1. The first-order valence-corrected chi connectivity index (χ1v) is 14.5. The van der Waals surface area contributed by atoms with E-state index in [1.807, 2.05) is 0 Å². The van der Waals surface area contributed by atoms with Crippen molar-refractivity contribution in [3.8, 4) is 11.5 Å². The summed E-state index contributed by atoms with van der Waals surface area (Å²) in [5.74, 6) is -4.42. The van der Waals surface area contributed by atoms with Crippen molar-refractivity contribution in [2.24, 2.45) is 0 Å². The van der Waals surface area contributed by atoms with Gasteiger partial charge in [-0.25, -0.2) is 17.5 Å². The van der Waals surface area contributed by atoms with Gasteiger partial charge in [-0.3, -0.25) is 9.59 Å². The lowest BCUT2D eigenvalue weighted by Gasteiger charge is -2.41. The molecule has 0 saturated carbocycles. The topological polar surface area (TPSA) is 111 Å². The maximum Gasteiger partial charge on any atom is 0.416 e.